The van der Waals surface area contributed by atoms with Gasteiger partial charge >= 0.3 is 12.3 Å². The van der Waals surface area contributed by atoms with Crippen LogP contribution in [-0.4, -0.2) is 53.4 Å². The van der Waals surface area contributed by atoms with Gasteiger partial charge in [0.05, 0.1) is 12.1 Å². The van der Waals surface area contributed by atoms with E-state index in [1.165, 1.54) is 4.90 Å². The number of carbonyl (C=O) groups excluding carboxylic acids is 1. The van der Waals surface area contributed by atoms with Crippen molar-refractivity contribution in [2.24, 2.45) is 0 Å². The smallest absolute Gasteiger partial charge is 0.411 e. The number of rotatable bonds is 3. The maximum atomic E-state index is 12.3. The van der Waals surface area contributed by atoms with Gasteiger partial charge in [0.1, 0.15) is 12.2 Å². The Balaban J connectivity index is 2.69. The van der Waals surface area contributed by atoms with Crippen molar-refractivity contribution < 1.29 is 27.4 Å². The fraction of sp³-hybridized carbons (Fsp3) is 0.923. The predicted octanol–water partition coefficient (Wildman–Crippen LogP) is 3.73. The maximum absolute atomic E-state index is 12.3. The van der Waals surface area contributed by atoms with E-state index in [1.807, 2.05) is 0 Å². The first kappa shape index (κ1) is 18.5. The van der Waals surface area contributed by atoms with Crippen molar-refractivity contribution in [3.8, 4) is 0 Å². The Morgan fingerprint density at radius 2 is 1.95 bits per heavy atom. The summed E-state index contributed by atoms with van der Waals surface area (Å²) in [6, 6.07) is 0. The van der Waals surface area contributed by atoms with Gasteiger partial charge in [0.25, 0.3) is 0 Å². The van der Waals surface area contributed by atoms with Gasteiger partial charge in [-0.3, -0.25) is 0 Å². The topological polar surface area (TPSA) is 38.8 Å². The minimum atomic E-state index is -4.39. The van der Waals surface area contributed by atoms with Crippen LogP contribution in [0.4, 0.5) is 18.0 Å². The SMILES string of the molecule is CC(C)(C)OC(=O)N1CCCC(CBr)(OCC(F)(F)F)C1. The zero-order valence-electron chi connectivity index (χ0n) is 12.4. The van der Waals surface area contributed by atoms with Crippen LogP contribution in [0.5, 0.6) is 0 Å². The molecule has 0 radical (unpaired) electrons. The van der Waals surface area contributed by atoms with E-state index in [4.69, 9.17) is 9.47 Å². The second-order valence-corrected chi connectivity index (χ2v) is 6.79. The second-order valence-electron chi connectivity index (χ2n) is 6.23. The first-order valence-corrected chi connectivity index (χ1v) is 7.83. The molecule has 1 aliphatic heterocycles. The van der Waals surface area contributed by atoms with Crippen molar-refractivity contribution in [1.82, 2.24) is 4.90 Å². The van der Waals surface area contributed by atoms with Crippen LogP contribution >= 0.6 is 15.9 Å². The van der Waals surface area contributed by atoms with Crippen LogP contribution in [0, 0.1) is 0 Å². The number of amides is 1. The number of nitrogens with zero attached hydrogens (tertiary/aromatic N) is 1. The molecule has 1 aliphatic rings. The van der Waals surface area contributed by atoms with Crippen LogP contribution in [0.25, 0.3) is 0 Å². The summed E-state index contributed by atoms with van der Waals surface area (Å²) in [6.45, 7) is 4.45. The van der Waals surface area contributed by atoms with E-state index in [1.54, 1.807) is 20.8 Å². The van der Waals surface area contributed by atoms with Crippen LogP contribution in [0.3, 0.4) is 0 Å². The molecule has 1 unspecified atom stereocenters. The number of carbonyl (C=O) groups is 1. The minimum absolute atomic E-state index is 0.0866. The number of hydrogen-bond donors (Lipinski definition) is 0. The van der Waals surface area contributed by atoms with Crippen molar-refractivity contribution in [2.75, 3.05) is 25.0 Å². The maximum Gasteiger partial charge on any atom is 0.411 e. The predicted molar refractivity (Wildman–Crippen MR) is 75.6 cm³/mol. The third-order valence-corrected chi connectivity index (χ3v) is 4.00. The first-order chi connectivity index (χ1) is 9.46. The molecule has 0 N–H and O–H groups in total. The lowest BCUT2D eigenvalue weighted by molar-refractivity contribution is -0.208. The quantitative estimate of drug-likeness (QED) is 0.705. The standard InChI is InChI=1S/C13H21BrF3NO3/c1-11(2,3)21-10(19)18-6-4-5-12(7-14,8-18)20-9-13(15,16)17/h4-9H2,1-3H3. The summed E-state index contributed by atoms with van der Waals surface area (Å²) in [7, 11) is 0. The Hall–Kier alpha value is -0.500. The average molecular weight is 376 g/mol. The summed E-state index contributed by atoms with van der Waals surface area (Å²) >= 11 is 3.20. The van der Waals surface area contributed by atoms with Gasteiger partial charge in [0.2, 0.25) is 0 Å². The number of piperidine rings is 1. The lowest BCUT2D eigenvalue weighted by Gasteiger charge is -2.42. The highest BCUT2D eigenvalue weighted by Crippen LogP contribution is 2.30. The van der Waals surface area contributed by atoms with Gasteiger partial charge < -0.3 is 14.4 Å². The molecule has 4 nitrogen and oxygen atoms in total. The molecule has 0 bridgehead atoms. The summed E-state index contributed by atoms with van der Waals surface area (Å²) in [5, 5.41) is 0.232. The molecule has 0 aromatic heterocycles. The van der Waals surface area contributed by atoms with Gasteiger partial charge in [-0.2, -0.15) is 13.2 Å². The zero-order valence-corrected chi connectivity index (χ0v) is 14.0. The molecule has 1 heterocycles. The molecule has 0 spiro atoms. The molecule has 0 aromatic rings. The van der Waals surface area contributed by atoms with Crippen LogP contribution in [0.2, 0.25) is 0 Å². The van der Waals surface area contributed by atoms with Crippen LogP contribution < -0.4 is 0 Å². The number of alkyl halides is 4. The average Bonchev–Trinajstić information content (AvgIpc) is 2.34. The van der Waals surface area contributed by atoms with E-state index in [-0.39, 0.29) is 11.9 Å². The molecule has 1 rings (SSSR count). The molecule has 1 fully saturated rings. The van der Waals surface area contributed by atoms with Gasteiger partial charge in [-0.05, 0) is 33.6 Å². The number of halogens is 4. The Bertz CT molecular complexity index is 371. The highest BCUT2D eigenvalue weighted by Gasteiger charge is 2.41. The normalized spacial score (nSPS) is 24.0. The van der Waals surface area contributed by atoms with Crippen LogP contribution in [0.15, 0.2) is 0 Å². The molecule has 0 aliphatic carbocycles. The lowest BCUT2D eigenvalue weighted by Crippen LogP contribution is -2.54. The summed E-state index contributed by atoms with van der Waals surface area (Å²) < 4.78 is 47.4. The summed E-state index contributed by atoms with van der Waals surface area (Å²) in [5.41, 5.74) is -1.66. The largest absolute Gasteiger partial charge is 0.444 e. The fourth-order valence-electron chi connectivity index (χ4n) is 2.08. The molecule has 124 valence electrons. The minimum Gasteiger partial charge on any atom is -0.444 e. The molecule has 0 saturated carbocycles. The molecule has 8 heteroatoms. The Morgan fingerprint density at radius 1 is 1.33 bits per heavy atom. The Labute approximate surface area is 131 Å². The third kappa shape index (κ3) is 6.42. The highest BCUT2D eigenvalue weighted by atomic mass is 79.9. The van der Waals surface area contributed by atoms with E-state index in [0.29, 0.717) is 19.4 Å². The van der Waals surface area contributed by atoms with Crippen molar-refractivity contribution in [2.45, 2.75) is 51.0 Å². The van der Waals surface area contributed by atoms with Crippen molar-refractivity contribution in [3.63, 3.8) is 0 Å². The second kappa shape index (κ2) is 6.73. The van der Waals surface area contributed by atoms with Crippen LogP contribution in [-0.2, 0) is 9.47 Å². The van der Waals surface area contributed by atoms with Gasteiger partial charge in [0, 0.05) is 11.9 Å². The van der Waals surface area contributed by atoms with Crippen LogP contribution in [0.1, 0.15) is 33.6 Å². The van der Waals surface area contributed by atoms with Crippen molar-refractivity contribution in [3.05, 3.63) is 0 Å². The molecular formula is C13H21BrF3NO3. The molecular weight excluding hydrogens is 355 g/mol. The van der Waals surface area contributed by atoms with E-state index >= 15 is 0 Å². The summed E-state index contributed by atoms with van der Waals surface area (Å²) in [5.74, 6) is 0. The first-order valence-electron chi connectivity index (χ1n) is 6.71. The lowest BCUT2D eigenvalue weighted by atomic mass is 9.95. The summed E-state index contributed by atoms with van der Waals surface area (Å²) in [4.78, 5) is 13.4. The third-order valence-electron chi connectivity index (χ3n) is 2.98. The monoisotopic (exact) mass is 375 g/mol. The number of hydrogen-bond acceptors (Lipinski definition) is 3. The summed E-state index contributed by atoms with van der Waals surface area (Å²) in [6.07, 6.45) is -3.87. The Kier molecular flexibility index (Phi) is 5.94. The van der Waals surface area contributed by atoms with Crippen molar-refractivity contribution >= 4 is 22.0 Å². The number of likely N-dealkylation sites (tertiary alicyclic amines) is 1. The van der Waals surface area contributed by atoms with E-state index in [0.717, 1.165) is 0 Å². The number of ether oxygens (including phenoxy) is 2. The molecule has 1 atom stereocenters. The van der Waals surface area contributed by atoms with E-state index < -0.39 is 30.1 Å². The van der Waals surface area contributed by atoms with Gasteiger partial charge in [-0.25, -0.2) is 4.79 Å². The zero-order chi connectivity index (χ0) is 16.3. The molecule has 0 aromatic carbocycles. The van der Waals surface area contributed by atoms with Crippen molar-refractivity contribution in [1.29, 1.82) is 0 Å². The molecule has 21 heavy (non-hydrogen) atoms. The molecule has 1 amide bonds. The van der Waals surface area contributed by atoms with Gasteiger partial charge in [0.15, 0.2) is 0 Å². The van der Waals surface area contributed by atoms with Gasteiger partial charge in [-0.15, -0.1) is 0 Å². The van der Waals surface area contributed by atoms with Gasteiger partial charge in [-0.1, -0.05) is 15.9 Å². The van der Waals surface area contributed by atoms with E-state index in [9.17, 15) is 18.0 Å². The molecule has 1 saturated heterocycles. The Morgan fingerprint density at radius 3 is 2.43 bits per heavy atom. The fourth-order valence-corrected chi connectivity index (χ4v) is 2.70. The highest BCUT2D eigenvalue weighted by molar-refractivity contribution is 9.09. The van der Waals surface area contributed by atoms with E-state index in [2.05, 4.69) is 15.9 Å².